The van der Waals surface area contributed by atoms with Gasteiger partial charge in [-0.15, -0.1) is 0 Å². The zero-order valence-corrected chi connectivity index (χ0v) is 14.5. The summed E-state index contributed by atoms with van der Waals surface area (Å²) in [7, 11) is 1.63. The Morgan fingerprint density at radius 2 is 2.12 bits per heavy atom. The molecule has 0 radical (unpaired) electrons. The fourth-order valence-electron chi connectivity index (χ4n) is 2.92. The van der Waals surface area contributed by atoms with Crippen LogP contribution in [0.1, 0.15) is 12.8 Å². The van der Waals surface area contributed by atoms with Crippen molar-refractivity contribution in [1.29, 1.82) is 0 Å². The van der Waals surface area contributed by atoms with E-state index in [0.29, 0.717) is 24.1 Å². The van der Waals surface area contributed by atoms with Crippen LogP contribution in [0, 0.1) is 0 Å². The first-order valence-electron chi connectivity index (χ1n) is 8.62. The Labute approximate surface area is 151 Å². The quantitative estimate of drug-likeness (QED) is 0.728. The Hall–Kier alpha value is -2.93. The van der Waals surface area contributed by atoms with Gasteiger partial charge in [0.2, 0.25) is 5.82 Å². The number of aromatic nitrogens is 3. The minimum atomic E-state index is 0.224. The summed E-state index contributed by atoms with van der Waals surface area (Å²) in [6, 6.07) is 11.3. The van der Waals surface area contributed by atoms with Crippen molar-refractivity contribution in [2.24, 2.45) is 0 Å². The Balaban J connectivity index is 1.54. The molecule has 0 bridgehead atoms. The van der Waals surface area contributed by atoms with Gasteiger partial charge >= 0.3 is 0 Å². The number of benzene rings is 1. The number of hydrogen-bond donors (Lipinski definition) is 1. The Kier molecular flexibility index (Phi) is 4.79. The maximum Gasteiger partial charge on any atom is 0.261 e. The van der Waals surface area contributed by atoms with Gasteiger partial charge in [0.15, 0.2) is 0 Å². The SMILES string of the molecule is COc1ccc(-c2noc(-c3cccnc3NCC3CCCO3)n2)cc1. The number of anilines is 1. The Morgan fingerprint density at radius 3 is 2.88 bits per heavy atom. The fourth-order valence-corrected chi connectivity index (χ4v) is 2.92. The predicted octanol–water partition coefficient (Wildman–Crippen LogP) is 3.40. The molecule has 1 N–H and O–H groups in total. The van der Waals surface area contributed by atoms with Crippen molar-refractivity contribution in [2.45, 2.75) is 18.9 Å². The van der Waals surface area contributed by atoms with Crippen LogP contribution in [0.15, 0.2) is 47.1 Å². The maximum atomic E-state index is 5.65. The molecule has 1 unspecified atom stereocenters. The minimum Gasteiger partial charge on any atom is -0.497 e. The zero-order valence-electron chi connectivity index (χ0n) is 14.5. The van der Waals surface area contributed by atoms with Crippen molar-refractivity contribution >= 4 is 5.82 Å². The van der Waals surface area contributed by atoms with E-state index in [1.54, 1.807) is 13.3 Å². The molecule has 134 valence electrons. The molecule has 0 aliphatic carbocycles. The summed E-state index contributed by atoms with van der Waals surface area (Å²) in [6.07, 6.45) is 4.14. The number of hydrogen-bond acceptors (Lipinski definition) is 7. The average molecular weight is 352 g/mol. The lowest BCUT2D eigenvalue weighted by molar-refractivity contribution is 0.120. The molecule has 7 nitrogen and oxygen atoms in total. The number of ether oxygens (including phenoxy) is 2. The number of pyridine rings is 1. The molecule has 3 aromatic rings. The topological polar surface area (TPSA) is 82.3 Å². The maximum absolute atomic E-state index is 5.65. The van der Waals surface area contributed by atoms with Crippen LogP contribution in [0.4, 0.5) is 5.82 Å². The first kappa shape index (κ1) is 16.5. The van der Waals surface area contributed by atoms with Crippen LogP contribution in [0.5, 0.6) is 5.75 Å². The lowest BCUT2D eigenvalue weighted by Crippen LogP contribution is -2.19. The molecule has 1 fully saturated rings. The highest BCUT2D eigenvalue weighted by Gasteiger charge is 2.18. The molecule has 1 aromatic carbocycles. The largest absolute Gasteiger partial charge is 0.497 e. The molecule has 26 heavy (non-hydrogen) atoms. The van der Waals surface area contributed by atoms with Crippen molar-refractivity contribution in [3.8, 4) is 28.6 Å². The van der Waals surface area contributed by atoms with Gasteiger partial charge in [-0.1, -0.05) is 5.16 Å². The number of nitrogens with zero attached hydrogens (tertiary/aromatic N) is 3. The second kappa shape index (κ2) is 7.53. The van der Waals surface area contributed by atoms with Crippen molar-refractivity contribution in [2.75, 3.05) is 25.6 Å². The smallest absolute Gasteiger partial charge is 0.261 e. The molecule has 1 aliphatic rings. The Morgan fingerprint density at radius 1 is 1.23 bits per heavy atom. The number of methoxy groups -OCH3 is 1. The first-order chi connectivity index (χ1) is 12.8. The van der Waals surface area contributed by atoms with Crippen molar-refractivity contribution < 1.29 is 14.0 Å². The average Bonchev–Trinajstić information content (AvgIpc) is 3.39. The highest BCUT2D eigenvalue weighted by atomic mass is 16.5. The van der Waals surface area contributed by atoms with E-state index in [1.807, 2.05) is 36.4 Å². The van der Waals surface area contributed by atoms with Gasteiger partial charge in [0, 0.05) is 24.9 Å². The van der Waals surface area contributed by atoms with Crippen LogP contribution < -0.4 is 10.1 Å². The minimum absolute atomic E-state index is 0.224. The standard InChI is InChI=1S/C19H20N4O3/c1-24-14-8-6-13(7-9-14)17-22-19(26-23-17)16-5-2-10-20-18(16)21-12-15-4-3-11-25-15/h2,5-10,15H,3-4,11-12H2,1H3,(H,20,21). The van der Waals surface area contributed by atoms with E-state index in [-0.39, 0.29) is 6.10 Å². The van der Waals surface area contributed by atoms with Crippen LogP contribution in [0.2, 0.25) is 0 Å². The van der Waals surface area contributed by atoms with E-state index < -0.39 is 0 Å². The molecule has 1 saturated heterocycles. The highest BCUT2D eigenvalue weighted by Crippen LogP contribution is 2.28. The van der Waals surface area contributed by atoms with Gasteiger partial charge in [-0.25, -0.2) is 4.98 Å². The van der Waals surface area contributed by atoms with Crippen LogP contribution >= 0.6 is 0 Å². The van der Waals surface area contributed by atoms with Crippen molar-refractivity contribution in [3.63, 3.8) is 0 Å². The summed E-state index contributed by atoms with van der Waals surface area (Å²) in [5.74, 6) is 2.45. The van der Waals surface area contributed by atoms with Gasteiger partial charge in [-0.2, -0.15) is 4.98 Å². The summed E-state index contributed by atoms with van der Waals surface area (Å²) >= 11 is 0. The van der Waals surface area contributed by atoms with E-state index >= 15 is 0 Å². The van der Waals surface area contributed by atoms with Crippen LogP contribution in [-0.4, -0.2) is 41.5 Å². The third kappa shape index (κ3) is 3.52. The summed E-state index contributed by atoms with van der Waals surface area (Å²) < 4.78 is 16.3. The molecule has 0 amide bonds. The van der Waals surface area contributed by atoms with E-state index in [9.17, 15) is 0 Å². The van der Waals surface area contributed by atoms with Crippen LogP contribution in [-0.2, 0) is 4.74 Å². The molecule has 2 aromatic heterocycles. The molecule has 1 aliphatic heterocycles. The van der Waals surface area contributed by atoms with E-state index in [1.165, 1.54) is 0 Å². The zero-order chi connectivity index (χ0) is 17.8. The molecular formula is C19H20N4O3. The first-order valence-corrected chi connectivity index (χ1v) is 8.62. The molecule has 0 saturated carbocycles. The van der Waals surface area contributed by atoms with E-state index in [0.717, 1.165) is 36.3 Å². The van der Waals surface area contributed by atoms with Gasteiger partial charge in [0.05, 0.1) is 18.8 Å². The fraction of sp³-hybridized carbons (Fsp3) is 0.316. The summed E-state index contributed by atoms with van der Waals surface area (Å²) in [5, 5.41) is 7.43. The Bertz CT molecular complexity index is 857. The number of rotatable bonds is 6. The van der Waals surface area contributed by atoms with E-state index in [4.69, 9.17) is 14.0 Å². The second-order valence-electron chi connectivity index (χ2n) is 6.07. The molecular weight excluding hydrogens is 332 g/mol. The summed E-state index contributed by atoms with van der Waals surface area (Å²) in [5.41, 5.74) is 1.64. The second-order valence-corrected chi connectivity index (χ2v) is 6.07. The predicted molar refractivity (Wildman–Crippen MR) is 97.0 cm³/mol. The third-order valence-corrected chi connectivity index (χ3v) is 4.33. The van der Waals surface area contributed by atoms with Gasteiger partial charge in [0.1, 0.15) is 11.6 Å². The van der Waals surface area contributed by atoms with Gasteiger partial charge in [-0.05, 0) is 49.2 Å². The van der Waals surface area contributed by atoms with Crippen LogP contribution in [0.25, 0.3) is 22.8 Å². The summed E-state index contributed by atoms with van der Waals surface area (Å²) in [6.45, 7) is 1.54. The van der Waals surface area contributed by atoms with Gasteiger partial charge in [0.25, 0.3) is 5.89 Å². The molecule has 3 heterocycles. The summed E-state index contributed by atoms with van der Waals surface area (Å²) in [4.78, 5) is 8.93. The highest BCUT2D eigenvalue weighted by molar-refractivity contribution is 5.70. The molecule has 4 rings (SSSR count). The van der Waals surface area contributed by atoms with Crippen LogP contribution in [0.3, 0.4) is 0 Å². The van der Waals surface area contributed by atoms with Crippen molar-refractivity contribution in [3.05, 3.63) is 42.6 Å². The lowest BCUT2D eigenvalue weighted by atomic mass is 10.2. The molecule has 7 heteroatoms. The molecule has 0 spiro atoms. The monoisotopic (exact) mass is 352 g/mol. The van der Waals surface area contributed by atoms with Crippen molar-refractivity contribution in [1.82, 2.24) is 15.1 Å². The third-order valence-electron chi connectivity index (χ3n) is 4.33. The van der Waals surface area contributed by atoms with Gasteiger partial charge < -0.3 is 19.3 Å². The van der Waals surface area contributed by atoms with Gasteiger partial charge in [-0.3, -0.25) is 0 Å². The normalized spacial score (nSPS) is 16.6. The lowest BCUT2D eigenvalue weighted by Gasteiger charge is -2.12. The number of nitrogens with one attached hydrogen (secondary N) is 1. The molecule has 1 atom stereocenters. The van der Waals surface area contributed by atoms with E-state index in [2.05, 4.69) is 20.4 Å².